The van der Waals surface area contributed by atoms with Crippen molar-refractivity contribution in [3.63, 3.8) is 0 Å². The molecule has 0 aliphatic heterocycles. The number of nitrogens with zero attached hydrogens (tertiary/aromatic N) is 2. The van der Waals surface area contributed by atoms with Gasteiger partial charge in [-0.2, -0.15) is 5.10 Å². The van der Waals surface area contributed by atoms with Gasteiger partial charge in [-0.05, 0) is 39.3 Å². The van der Waals surface area contributed by atoms with Crippen LogP contribution in [0.3, 0.4) is 0 Å². The smallest absolute Gasteiger partial charge is 0.0610 e. The van der Waals surface area contributed by atoms with Crippen LogP contribution in [0.5, 0.6) is 0 Å². The van der Waals surface area contributed by atoms with Crippen molar-refractivity contribution in [1.29, 1.82) is 0 Å². The molecule has 2 N–H and O–H groups in total. The highest BCUT2D eigenvalue weighted by Gasteiger charge is 2.20. The fourth-order valence-corrected chi connectivity index (χ4v) is 1.87. The van der Waals surface area contributed by atoms with Crippen LogP contribution >= 0.6 is 0 Å². The molecular formula is C12H23N3O. The maximum atomic E-state index is 9.33. The average molecular weight is 225 g/mol. The van der Waals surface area contributed by atoms with Crippen LogP contribution in [-0.2, 0) is 6.54 Å². The fourth-order valence-electron chi connectivity index (χ4n) is 1.87. The number of hydrogen-bond acceptors (Lipinski definition) is 3. The second-order valence-corrected chi connectivity index (χ2v) is 4.57. The molecule has 0 aromatic carbocycles. The number of rotatable bonds is 7. The standard InChI is InChI=1S/C12H23N3O/c1-4-13-12(3,10-16)7-5-8-15-9-6-11(2)14-15/h6,9,13,16H,4-5,7-8,10H2,1-3H3. The summed E-state index contributed by atoms with van der Waals surface area (Å²) >= 11 is 0. The van der Waals surface area contributed by atoms with Gasteiger partial charge < -0.3 is 10.4 Å². The van der Waals surface area contributed by atoms with Crippen molar-refractivity contribution in [2.75, 3.05) is 13.2 Å². The summed E-state index contributed by atoms with van der Waals surface area (Å²) in [6.07, 6.45) is 3.97. The molecular weight excluding hydrogens is 202 g/mol. The largest absolute Gasteiger partial charge is 0.394 e. The van der Waals surface area contributed by atoms with Crippen LogP contribution in [0.2, 0.25) is 0 Å². The van der Waals surface area contributed by atoms with Gasteiger partial charge in [-0.15, -0.1) is 0 Å². The predicted octanol–water partition coefficient (Wildman–Crippen LogP) is 1.33. The van der Waals surface area contributed by atoms with Crippen LogP contribution in [0, 0.1) is 6.92 Å². The van der Waals surface area contributed by atoms with Gasteiger partial charge in [0.05, 0.1) is 12.3 Å². The van der Waals surface area contributed by atoms with Crippen molar-refractivity contribution < 1.29 is 5.11 Å². The predicted molar refractivity (Wildman–Crippen MR) is 65.4 cm³/mol. The third kappa shape index (κ3) is 3.94. The molecule has 1 unspecified atom stereocenters. The van der Waals surface area contributed by atoms with E-state index in [4.69, 9.17) is 0 Å². The van der Waals surface area contributed by atoms with Gasteiger partial charge in [0.15, 0.2) is 0 Å². The minimum atomic E-state index is -0.156. The van der Waals surface area contributed by atoms with Gasteiger partial charge in [0.25, 0.3) is 0 Å². The third-order valence-electron chi connectivity index (χ3n) is 2.84. The molecule has 0 fully saturated rings. The Balaban J connectivity index is 2.33. The van der Waals surface area contributed by atoms with Crippen molar-refractivity contribution in [1.82, 2.24) is 15.1 Å². The fraction of sp³-hybridized carbons (Fsp3) is 0.750. The van der Waals surface area contributed by atoms with Crippen molar-refractivity contribution in [2.45, 2.75) is 45.7 Å². The van der Waals surface area contributed by atoms with Crippen LogP contribution < -0.4 is 5.32 Å². The minimum Gasteiger partial charge on any atom is -0.394 e. The molecule has 1 aromatic rings. The number of aromatic nitrogens is 2. The van der Waals surface area contributed by atoms with Crippen LogP contribution in [-0.4, -0.2) is 33.6 Å². The average Bonchev–Trinajstić information content (AvgIpc) is 2.65. The molecule has 4 heteroatoms. The Bertz CT molecular complexity index is 311. The Morgan fingerprint density at radius 3 is 2.81 bits per heavy atom. The van der Waals surface area contributed by atoms with Gasteiger partial charge >= 0.3 is 0 Å². The Morgan fingerprint density at radius 1 is 1.56 bits per heavy atom. The first-order valence-electron chi connectivity index (χ1n) is 5.95. The van der Waals surface area contributed by atoms with E-state index < -0.39 is 0 Å². The Morgan fingerprint density at radius 2 is 2.31 bits per heavy atom. The van der Waals surface area contributed by atoms with Crippen molar-refractivity contribution in [3.8, 4) is 0 Å². The SMILES string of the molecule is CCNC(C)(CO)CCCn1ccc(C)n1. The zero-order valence-corrected chi connectivity index (χ0v) is 10.5. The second kappa shape index (κ2) is 6.01. The van der Waals surface area contributed by atoms with E-state index in [0.717, 1.165) is 31.6 Å². The van der Waals surface area contributed by atoms with Crippen LogP contribution in [0.15, 0.2) is 12.3 Å². The first-order chi connectivity index (χ1) is 7.59. The lowest BCUT2D eigenvalue weighted by Gasteiger charge is -2.28. The number of nitrogens with one attached hydrogen (secondary N) is 1. The highest BCUT2D eigenvalue weighted by atomic mass is 16.3. The van der Waals surface area contributed by atoms with Gasteiger partial charge in [-0.1, -0.05) is 6.92 Å². The van der Waals surface area contributed by atoms with Crippen molar-refractivity contribution >= 4 is 0 Å². The molecule has 4 nitrogen and oxygen atoms in total. The van der Waals surface area contributed by atoms with E-state index >= 15 is 0 Å². The Labute approximate surface area is 97.7 Å². The van der Waals surface area contributed by atoms with E-state index in [1.54, 1.807) is 0 Å². The highest BCUT2D eigenvalue weighted by molar-refractivity contribution is 4.94. The third-order valence-corrected chi connectivity index (χ3v) is 2.84. The Kier molecular flexibility index (Phi) is 4.96. The normalized spacial score (nSPS) is 15.0. The second-order valence-electron chi connectivity index (χ2n) is 4.57. The van der Waals surface area contributed by atoms with E-state index in [1.807, 2.05) is 23.9 Å². The maximum absolute atomic E-state index is 9.33. The molecule has 0 amide bonds. The molecule has 1 rings (SSSR count). The van der Waals surface area contributed by atoms with Crippen LogP contribution in [0.4, 0.5) is 0 Å². The van der Waals surface area contributed by atoms with E-state index in [0.29, 0.717) is 0 Å². The number of aliphatic hydroxyl groups excluding tert-OH is 1. The number of hydrogen-bond donors (Lipinski definition) is 2. The summed E-state index contributed by atoms with van der Waals surface area (Å²) in [4.78, 5) is 0. The van der Waals surface area contributed by atoms with Gasteiger partial charge in [-0.3, -0.25) is 4.68 Å². The van der Waals surface area contributed by atoms with Crippen molar-refractivity contribution in [3.05, 3.63) is 18.0 Å². The van der Waals surface area contributed by atoms with Gasteiger partial charge in [0.1, 0.15) is 0 Å². The molecule has 92 valence electrons. The van der Waals surface area contributed by atoms with E-state index in [2.05, 4.69) is 24.3 Å². The lowest BCUT2D eigenvalue weighted by molar-refractivity contribution is 0.163. The molecule has 1 atom stereocenters. The molecule has 16 heavy (non-hydrogen) atoms. The van der Waals surface area contributed by atoms with E-state index in [9.17, 15) is 5.11 Å². The zero-order chi connectivity index (χ0) is 12.0. The highest BCUT2D eigenvalue weighted by Crippen LogP contribution is 2.12. The number of aryl methyl sites for hydroxylation is 2. The van der Waals surface area contributed by atoms with E-state index in [1.165, 1.54) is 0 Å². The van der Waals surface area contributed by atoms with Crippen LogP contribution in [0.25, 0.3) is 0 Å². The topological polar surface area (TPSA) is 50.1 Å². The number of likely N-dealkylation sites (N-methyl/N-ethyl adjacent to an activating group) is 1. The molecule has 0 aliphatic rings. The summed E-state index contributed by atoms with van der Waals surface area (Å²) in [7, 11) is 0. The molecule has 0 spiro atoms. The van der Waals surface area contributed by atoms with E-state index in [-0.39, 0.29) is 12.1 Å². The summed E-state index contributed by atoms with van der Waals surface area (Å²) in [6.45, 7) is 8.09. The van der Waals surface area contributed by atoms with Crippen molar-refractivity contribution in [2.24, 2.45) is 0 Å². The molecule has 0 bridgehead atoms. The summed E-state index contributed by atoms with van der Waals surface area (Å²) in [5.74, 6) is 0. The summed E-state index contributed by atoms with van der Waals surface area (Å²) in [6, 6.07) is 2.01. The van der Waals surface area contributed by atoms with Gasteiger partial charge in [-0.25, -0.2) is 0 Å². The summed E-state index contributed by atoms with van der Waals surface area (Å²) in [5.41, 5.74) is 0.897. The molecule has 0 saturated carbocycles. The quantitative estimate of drug-likeness (QED) is 0.736. The summed E-state index contributed by atoms with van der Waals surface area (Å²) < 4.78 is 1.96. The molecule has 0 aliphatic carbocycles. The lowest BCUT2D eigenvalue weighted by Crippen LogP contribution is -2.45. The monoisotopic (exact) mass is 225 g/mol. The maximum Gasteiger partial charge on any atom is 0.0610 e. The molecule has 1 aromatic heterocycles. The first-order valence-corrected chi connectivity index (χ1v) is 5.95. The first kappa shape index (κ1) is 13.2. The lowest BCUT2D eigenvalue weighted by atomic mass is 9.97. The Hall–Kier alpha value is -0.870. The summed E-state index contributed by atoms with van der Waals surface area (Å²) in [5, 5.41) is 17.0. The number of aliphatic hydroxyl groups is 1. The minimum absolute atomic E-state index is 0.156. The molecule has 1 heterocycles. The zero-order valence-electron chi connectivity index (χ0n) is 10.5. The molecule has 0 saturated heterocycles. The van der Waals surface area contributed by atoms with Gasteiger partial charge in [0, 0.05) is 18.3 Å². The van der Waals surface area contributed by atoms with Gasteiger partial charge in [0.2, 0.25) is 0 Å². The van der Waals surface area contributed by atoms with Crippen LogP contribution in [0.1, 0.15) is 32.4 Å². The molecule has 0 radical (unpaired) electrons.